The van der Waals surface area contributed by atoms with Crippen LogP contribution in [0, 0.1) is 0 Å². The van der Waals surface area contributed by atoms with Crippen molar-refractivity contribution >= 4 is 27.3 Å². The zero-order chi connectivity index (χ0) is 23.3. The molecule has 11 heteroatoms. The molecule has 0 aliphatic carbocycles. The van der Waals surface area contributed by atoms with E-state index in [0.29, 0.717) is 26.2 Å². The average Bonchev–Trinajstić information content (AvgIpc) is 3.31. The van der Waals surface area contributed by atoms with Crippen LogP contribution in [0.3, 0.4) is 0 Å². The van der Waals surface area contributed by atoms with Crippen LogP contribution in [0.15, 0.2) is 54.7 Å². The molecule has 0 bridgehead atoms. The molecule has 0 fully saturated rings. The molecule has 4 nitrogen and oxygen atoms in total. The molecule has 0 aliphatic rings. The lowest BCUT2D eigenvalue weighted by Gasteiger charge is -2.08. The van der Waals surface area contributed by atoms with Crippen LogP contribution in [-0.2, 0) is 18.8 Å². The SMILES string of the molecule is NC(=O)c1cn(-c2cccc3cc(Cc4cccc(C(F)(F)F)c4)sc23)nc1C(F)(F)F. The van der Waals surface area contributed by atoms with Crippen LogP contribution in [0.25, 0.3) is 15.8 Å². The predicted octanol–water partition coefficient (Wildman–Crippen LogP) is 5.81. The molecule has 0 saturated heterocycles. The topological polar surface area (TPSA) is 60.9 Å². The van der Waals surface area contributed by atoms with E-state index in [4.69, 9.17) is 5.73 Å². The smallest absolute Gasteiger partial charge is 0.365 e. The Morgan fingerprint density at radius 1 is 1.00 bits per heavy atom. The van der Waals surface area contributed by atoms with Crippen LogP contribution < -0.4 is 5.73 Å². The third-order valence-electron chi connectivity index (χ3n) is 4.70. The van der Waals surface area contributed by atoms with Gasteiger partial charge in [0.15, 0.2) is 5.69 Å². The molecule has 0 unspecified atom stereocenters. The molecule has 2 N–H and O–H groups in total. The fraction of sp³-hybridized carbons (Fsp3) is 0.143. The summed E-state index contributed by atoms with van der Waals surface area (Å²) in [5, 5.41) is 4.21. The minimum atomic E-state index is -4.87. The van der Waals surface area contributed by atoms with E-state index in [1.165, 1.54) is 23.5 Å². The largest absolute Gasteiger partial charge is 0.435 e. The van der Waals surface area contributed by atoms with Gasteiger partial charge in [-0.2, -0.15) is 31.4 Å². The maximum Gasteiger partial charge on any atom is 0.435 e. The Bertz CT molecular complexity index is 1320. The molecule has 166 valence electrons. The number of nitrogens with zero attached hydrogens (tertiary/aromatic N) is 2. The summed E-state index contributed by atoms with van der Waals surface area (Å²) in [5.41, 5.74) is 2.92. The summed E-state index contributed by atoms with van der Waals surface area (Å²) in [6.45, 7) is 0. The molecule has 0 aliphatic heterocycles. The molecule has 0 saturated carbocycles. The van der Waals surface area contributed by atoms with Gasteiger partial charge in [-0.1, -0.05) is 30.3 Å². The highest BCUT2D eigenvalue weighted by atomic mass is 32.1. The number of fused-ring (bicyclic) bond motifs is 1. The fourth-order valence-corrected chi connectivity index (χ4v) is 4.51. The first-order chi connectivity index (χ1) is 14.9. The van der Waals surface area contributed by atoms with Gasteiger partial charge in [-0.25, -0.2) is 4.68 Å². The summed E-state index contributed by atoms with van der Waals surface area (Å²) in [5.74, 6) is -1.26. The number of rotatable bonds is 4. The monoisotopic (exact) mass is 469 g/mol. The van der Waals surface area contributed by atoms with Crippen molar-refractivity contribution in [2.45, 2.75) is 18.8 Å². The molecular formula is C21H13F6N3OS. The minimum Gasteiger partial charge on any atom is -0.365 e. The maximum atomic E-state index is 13.3. The van der Waals surface area contributed by atoms with E-state index in [9.17, 15) is 31.1 Å². The summed E-state index contributed by atoms with van der Waals surface area (Å²) >= 11 is 1.22. The first kappa shape index (κ1) is 21.9. The third kappa shape index (κ3) is 4.20. The van der Waals surface area contributed by atoms with Crippen LogP contribution in [0.4, 0.5) is 26.3 Å². The van der Waals surface area contributed by atoms with Crippen LogP contribution >= 0.6 is 11.3 Å². The number of benzene rings is 2. The second-order valence-corrected chi connectivity index (χ2v) is 8.12. The first-order valence-corrected chi connectivity index (χ1v) is 9.90. The Hall–Kier alpha value is -3.34. The molecule has 4 rings (SSSR count). The number of carbonyl (C=O) groups is 1. The van der Waals surface area contributed by atoms with Crippen LogP contribution in [0.2, 0.25) is 0 Å². The van der Waals surface area contributed by atoms with Gasteiger partial charge in [0.25, 0.3) is 5.91 Å². The van der Waals surface area contributed by atoms with E-state index in [1.807, 2.05) is 0 Å². The Balaban J connectivity index is 1.75. The van der Waals surface area contributed by atoms with Gasteiger partial charge >= 0.3 is 12.4 Å². The number of carbonyl (C=O) groups excluding carboxylic acids is 1. The third-order valence-corrected chi connectivity index (χ3v) is 5.88. The van der Waals surface area contributed by atoms with Gasteiger partial charge in [0.2, 0.25) is 0 Å². The normalized spacial score (nSPS) is 12.4. The summed E-state index contributed by atoms with van der Waals surface area (Å²) < 4.78 is 80.2. The number of amides is 1. The first-order valence-electron chi connectivity index (χ1n) is 9.08. The van der Waals surface area contributed by atoms with E-state index >= 15 is 0 Å². The number of alkyl halides is 6. The molecule has 32 heavy (non-hydrogen) atoms. The van der Waals surface area contributed by atoms with Crippen LogP contribution in [0.5, 0.6) is 0 Å². The molecule has 2 heterocycles. The predicted molar refractivity (Wildman–Crippen MR) is 107 cm³/mol. The lowest BCUT2D eigenvalue weighted by atomic mass is 10.1. The Kier molecular flexibility index (Phi) is 5.24. The summed E-state index contributed by atoms with van der Waals surface area (Å²) in [7, 11) is 0. The van der Waals surface area contributed by atoms with Crippen LogP contribution in [-0.4, -0.2) is 15.7 Å². The van der Waals surface area contributed by atoms with E-state index in [-0.39, 0.29) is 6.42 Å². The number of hydrogen-bond acceptors (Lipinski definition) is 3. The van der Waals surface area contributed by atoms with Gasteiger partial charge in [-0.05, 0) is 29.1 Å². The highest BCUT2D eigenvalue weighted by Crippen LogP contribution is 2.36. The zero-order valence-corrected chi connectivity index (χ0v) is 16.8. The van der Waals surface area contributed by atoms with E-state index in [2.05, 4.69) is 5.10 Å². The molecule has 0 spiro atoms. The van der Waals surface area contributed by atoms with Gasteiger partial charge in [0.1, 0.15) is 0 Å². The number of hydrogen-bond donors (Lipinski definition) is 1. The molecule has 2 aromatic heterocycles. The quantitative estimate of drug-likeness (QED) is 0.383. The fourth-order valence-electron chi connectivity index (χ4n) is 3.31. The molecule has 0 radical (unpaired) electrons. The number of thiophene rings is 1. The Morgan fingerprint density at radius 3 is 2.34 bits per heavy atom. The van der Waals surface area contributed by atoms with Crippen molar-refractivity contribution in [1.29, 1.82) is 0 Å². The molecule has 1 amide bonds. The minimum absolute atomic E-state index is 0.210. The number of halogens is 6. The van der Waals surface area contributed by atoms with Gasteiger partial charge in [-0.15, -0.1) is 11.3 Å². The van der Waals surface area contributed by atoms with E-state index < -0.39 is 35.1 Å². The average molecular weight is 469 g/mol. The van der Waals surface area contributed by atoms with Crippen molar-refractivity contribution in [3.8, 4) is 5.69 Å². The summed E-state index contributed by atoms with van der Waals surface area (Å²) in [6, 6.07) is 11.6. The van der Waals surface area contributed by atoms with Crippen molar-refractivity contribution in [2.24, 2.45) is 5.73 Å². The number of nitrogens with two attached hydrogens (primary N) is 1. The highest BCUT2D eigenvalue weighted by Gasteiger charge is 2.39. The Labute approximate surface area is 180 Å². The van der Waals surface area contributed by atoms with Crippen molar-refractivity contribution < 1.29 is 31.1 Å². The van der Waals surface area contributed by atoms with Crippen molar-refractivity contribution in [2.75, 3.05) is 0 Å². The lowest BCUT2D eigenvalue weighted by molar-refractivity contribution is -0.141. The van der Waals surface area contributed by atoms with Gasteiger partial charge < -0.3 is 5.73 Å². The maximum absolute atomic E-state index is 13.3. The summed E-state index contributed by atoms with van der Waals surface area (Å²) in [6.07, 6.45) is -8.19. The molecule has 4 aromatic rings. The zero-order valence-electron chi connectivity index (χ0n) is 16.0. The lowest BCUT2D eigenvalue weighted by Crippen LogP contribution is -2.17. The molecule has 0 atom stereocenters. The standard InChI is InChI=1S/C21H13F6N3OS/c22-20(23,24)13-5-1-3-11(7-13)8-14-9-12-4-2-6-16(17(12)32-14)30-10-15(19(28)31)18(29-30)21(25,26)27/h1-7,9-10H,8H2,(H2,28,31). The van der Waals surface area contributed by atoms with Crippen molar-refractivity contribution in [3.05, 3.63) is 82.0 Å². The number of aromatic nitrogens is 2. The second kappa shape index (κ2) is 7.66. The highest BCUT2D eigenvalue weighted by molar-refractivity contribution is 7.19. The van der Waals surface area contributed by atoms with Gasteiger partial charge in [0.05, 0.1) is 21.5 Å². The van der Waals surface area contributed by atoms with E-state index in [0.717, 1.165) is 23.0 Å². The van der Waals surface area contributed by atoms with Crippen molar-refractivity contribution in [3.63, 3.8) is 0 Å². The van der Waals surface area contributed by atoms with Crippen molar-refractivity contribution in [1.82, 2.24) is 9.78 Å². The van der Waals surface area contributed by atoms with Crippen LogP contribution in [0.1, 0.15) is 32.1 Å². The molecule has 2 aromatic carbocycles. The van der Waals surface area contributed by atoms with E-state index in [1.54, 1.807) is 24.3 Å². The van der Waals surface area contributed by atoms with Gasteiger partial charge in [-0.3, -0.25) is 4.79 Å². The van der Waals surface area contributed by atoms with Gasteiger partial charge in [0, 0.05) is 17.5 Å². The molecular weight excluding hydrogens is 456 g/mol. The second-order valence-electron chi connectivity index (χ2n) is 6.98. The summed E-state index contributed by atoms with van der Waals surface area (Å²) in [4.78, 5) is 12.2. The Morgan fingerprint density at radius 2 is 1.72 bits per heavy atom. The number of primary amides is 1.